The van der Waals surface area contributed by atoms with Crippen LogP contribution in [0.3, 0.4) is 0 Å². The number of hydrogen-bond donors (Lipinski definition) is 2. The van der Waals surface area contributed by atoms with Crippen molar-refractivity contribution < 1.29 is 31.1 Å². The number of amides is 1. The number of rotatable bonds is 7. The second-order valence-electron chi connectivity index (χ2n) is 7.74. The lowest BCUT2D eigenvalue weighted by Gasteiger charge is -2.31. The van der Waals surface area contributed by atoms with Crippen molar-refractivity contribution in [2.45, 2.75) is 31.7 Å². The largest absolute Gasteiger partial charge is 0.573 e. The van der Waals surface area contributed by atoms with Crippen molar-refractivity contribution in [3.63, 3.8) is 0 Å². The van der Waals surface area contributed by atoms with Crippen LogP contribution in [-0.2, 0) is 16.4 Å². The van der Waals surface area contributed by atoms with Crippen LogP contribution in [0.15, 0.2) is 35.2 Å². The number of nitrogens with one attached hydrogen (secondary N) is 2. The molecular weight excluding hydrogens is 495 g/mol. The van der Waals surface area contributed by atoms with Gasteiger partial charge in [-0.1, -0.05) is 18.5 Å². The van der Waals surface area contributed by atoms with Gasteiger partial charge in [0.25, 0.3) is 5.91 Å². The summed E-state index contributed by atoms with van der Waals surface area (Å²) in [5.74, 6) is -1.31. The van der Waals surface area contributed by atoms with Gasteiger partial charge in [-0.15, -0.1) is 13.2 Å². The molecule has 1 aliphatic rings. The molecule has 1 aliphatic heterocycles. The molecule has 1 heterocycles. The highest BCUT2D eigenvalue weighted by Crippen LogP contribution is 2.33. The summed E-state index contributed by atoms with van der Waals surface area (Å²) < 4.78 is 67.7. The maximum absolute atomic E-state index is 13.0. The molecular formula is C22H25ClF3N3O4S. The highest BCUT2D eigenvalue weighted by atomic mass is 35.5. The Labute approximate surface area is 201 Å². The Morgan fingerprint density at radius 3 is 2.50 bits per heavy atom. The maximum Gasteiger partial charge on any atom is 0.573 e. The number of piperazine rings is 1. The number of halogens is 4. The van der Waals surface area contributed by atoms with Crippen LogP contribution in [-0.4, -0.2) is 52.6 Å². The summed E-state index contributed by atoms with van der Waals surface area (Å²) in [6.07, 6.45) is -4.92. The average molecular weight is 520 g/mol. The zero-order valence-corrected chi connectivity index (χ0v) is 20.2. The number of nitrogens with zero attached hydrogens (tertiary/aromatic N) is 1. The lowest BCUT2D eigenvalue weighted by Crippen LogP contribution is -2.44. The van der Waals surface area contributed by atoms with Gasteiger partial charge in [-0.25, -0.2) is 8.42 Å². The number of anilines is 1. The van der Waals surface area contributed by atoms with Gasteiger partial charge in [-0.05, 0) is 42.3 Å². The summed E-state index contributed by atoms with van der Waals surface area (Å²) in [7, 11) is -3.58. The van der Waals surface area contributed by atoms with Crippen molar-refractivity contribution >= 4 is 33.0 Å². The topological polar surface area (TPSA) is 87.7 Å². The van der Waals surface area contributed by atoms with Gasteiger partial charge in [-0.3, -0.25) is 4.79 Å². The Morgan fingerprint density at radius 1 is 1.21 bits per heavy atom. The standard InChI is InChI=1S/C22H25ClF3N3O4S/c1-3-34(31,32)20-5-4-16(23)10-15(20)13-28-21(30)18-11-17(33-22(24,25)26)12-19(14(18)2)29-8-6-27-7-9-29/h4-5,10-12,27H,3,6-9,13H2,1-2H3,(H,28,30). The second-order valence-corrected chi connectivity index (χ2v) is 10.4. The van der Waals surface area contributed by atoms with E-state index in [0.29, 0.717) is 37.4 Å². The molecule has 3 rings (SSSR count). The van der Waals surface area contributed by atoms with Crippen molar-refractivity contribution in [1.29, 1.82) is 0 Å². The van der Waals surface area contributed by atoms with E-state index in [1.54, 1.807) is 6.92 Å². The molecule has 186 valence electrons. The van der Waals surface area contributed by atoms with E-state index in [1.165, 1.54) is 31.2 Å². The van der Waals surface area contributed by atoms with Gasteiger partial charge in [0, 0.05) is 55.1 Å². The summed E-state index contributed by atoms with van der Waals surface area (Å²) in [5.41, 5.74) is 1.23. The first-order chi connectivity index (χ1) is 15.9. The molecule has 2 N–H and O–H groups in total. The Hall–Kier alpha value is -2.50. The van der Waals surface area contributed by atoms with E-state index >= 15 is 0 Å². The monoisotopic (exact) mass is 519 g/mol. The fourth-order valence-corrected chi connectivity index (χ4v) is 5.06. The molecule has 0 spiro atoms. The van der Waals surface area contributed by atoms with Gasteiger partial charge in [0.15, 0.2) is 9.84 Å². The Balaban J connectivity index is 1.94. The molecule has 2 aromatic rings. The molecule has 1 saturated heterocycles. The van der Waals surface area contributed by atoms with E-state index in [0.717, 1.165) is 6.07 Å². The van der Waals surface area contributed by atoms with Crippen LogP contribution in [0.4, 0.5) is 18.9 Å². The molecule has 0 aromatic heterocycles. The predicted molar refractivity (Wildman–Crippen MR) is 123 cm³/mol. The lowest BCUT2D eigenvalue weighted by molar-refractivity contribution is -0.274. The summed E-state index contributed by atoms with van der Waals surface area (Å²) in [6.45, 7) is 5.37. The Bertz CT molecular complexity index is 1170. The number of hydrogen-bond acceptors (Lipinski definition) is 6. The van der Waals surface area contributed by atoms with Crippen molar-refractivity contribution in [3.8, 4) is 5.75 Å². The van der Waals surface area contributed by atoms with E-state index in [4.69, 9.17) is 11.6 Å². The highest BCUT2D eigenvalue weighted by molar-refractivity contribution is 7.91. The lowest BCUT2D eigenvalue weighted by atomic mass is 10.0. The van der Waals surface area contributed by atoms with Crippen LogP contribution in [0.2, 0.25) is 5.02 Å². The third kappa shape index (κ3) is 6.34. The number of carbonyl (C=O) groups excluding carboxylic acids is 1. The summed E-state index contributed by atoms with van der Waals surface area (Å²) >= 11 is 6.02. The van der Waals surface area contributed by atoms with E-state index in [9.17, 15) is 26.4 Å². The molecule has 2 aromatic carbocycles. The molecule has 12 heteroatoms. The van der Waals surface area contributed by atoms with E-state index in [2.05, 4.69) is 15.4 Å². The zero-order chi connectivity index (χ0) is 25.1. The minimum atomic E-state index is -4.92. The Morgan fingerprint density at radius 2 is 1.88 bits per heavy atom. The minimum Gasteiger partial charge on any atom is -0.406 e. The highest BCUT2D eigenvalue weighted by Gasteiger charge is 2.32. The molecule has 1 amide bonds. The van der Waals surface area contributed by atoms with Gasteiger partial charge in [0.2, 0.25) is 0 Å². The van der Waals surface area contributed by atoms with Crippen LogP contribution in [0.25, 0.3) is 0 Å². The molecule has 0 unspecified atom stereocenters. The van der Waals surface area contributed by atoms with Crippen molar-refractivity contribution in [1.82, 2.24) is 10.6 Å². The first-order valence-corrected chi connectivity index (χ1v) is 12.6. The summed E-state index contributed by atoms with van der Waals surface area (Å²) in [4.78, 5) is 15.0. The quantitative estimate of drug-likeness (QED) is 0.580. The molecule has 1 fully saturated rings. The molecule has 0 bridgehead atoms. The van der Waals surface area contributed by atoms with Gasteiger partial charge in [0.1, 0.15) is 5.75 Å². The van der Waals surface area contributed by atoms with Gasteiger partial charge >= 0.3 is 6.36 Å². The van der Waals surface area contributed by atoms with E-state index in [-0.39, 0.29) is 33.3 Å². The number of sulfone groups is 1. The number of ether oxygens (including phenoxy) is 1. The second kappa shape index (κ2) is 10.4. The van der Waals surface area contributed by atoms with Crippen LogP contribution in [0.5, 0.6) is 5.75 Å². The first-order valence-electron chi connectivity index (χ1n) is 10.6. The van der Waals surface area contributed by atoms with E-state index < -0.39 is 27.9 Å². The number of alkyl halides is 3. The van der Waals surface area contributed by atoms with Gasteiger partial charge in [-0.2, -0.15) is 0 Å². The van der Waals surface area contributed by atoms with Crippen LogP contribution in [0, 0.1) is 6.92 Å². The van der Waals surface area contributed by atoms with Crippen LogP contribution < -0.4 is 20.3 Å². The van der Waals surface area contributed by atoms with Crippen LogP contribution >= 0.6 is 11.6 Å². The van der Waals surface area contributed by atoms with E-state index in [1.807, 2.05) is 4.90 Å². The fraction of sp³-hybridized carbons (Fsp3) is 0.409. The van der Waals surface area contributed by atoms with Gasteiger partial charge < -0.3 is 20.3 Å². The molecule has 7 nitrogen and oxygen atoms in total. The van der Waals surface area contributed by atoms with Gasteiger partial charge in [0.05, 0.1) is 10.6 Å². The number of benzene rings is 2. The maximum atomic E-state index is 13.0. The molecule has 0 radical (unpaired) electrons. The SMILES string of the molecule is CCS(=O)(=O)c1ccc(Cl)cc1CNC(=O)c1cc(OC(F)(F)F)cc(N2CCNCC2)c1C. The van der Waals surface area contributed by atoms with Crippen molar-refractivity contribution in [2.24, 2.45) is 0 Å². The fourth-order valence-electron chi connectivity index (χ4n) is 3.75. The third-order valence-corrected chi connectivity index (χ3v) is 7.53. The summed E-state index contributed by atoms with van der Waals surface area (Å²) in [5, 5.41) is 6.07. The predicted octanol–water partition coefficient (Wildman–Crippen LogP) is 3.68. The number of carbonyl (C=O) groups is 1. The molecule has 34 heavy (non-hydrogen) atoms. The molecule has 0 saturated carbocycles. The molecule has 0 atom stereocenters. The molecule has 0 aliphatic carbocycles. The average Bonchev–Trinajstić information content (AvgIpc) is 2.78. The minimum absolute atomic E-state index is 0.00258. The Kier molecular flexibility index (Phi) is 7.99. The van der Waals surface area contributed by atoms with Crippen LogP contribution in [0.1, 0.15) is 28.4 Å². The summed E-state index contributed by atoms with van der Waals surface area (Å²) in [6, 6.07) is 6.55. The van der Waals surface area contributed by atoms with Crippen molar-refractivity contribution in [2.75, 3.05) is 36.8 Å². The third-order valence-electron chi connectivity index (χ3n) is 5.47. The van der Waals surface area contributed by atoms with Crippen molar-refractivity contribution in [3.05, 3.63) is 52.0 Å². The smallest absolute Gasteiger partial charge is 0.406 e. The normalized spacial score (nSPS) is 14.7. The first kappa shape index (κ1) is 26.1. The zero-order valence-electron chi connectivity index (χ0n) is 18.6.